The van der Waals surface area contributed by atoms with Crippen LogP contribution in [-0.4, -0.2) is 49.6 Å². The molecule has 0 aliphatic carbocycles. The van der Waals surface area contributed by atoms with E-state index in [-0.39, 0.29) is 24.8 Å². The number of morpholine rings is 1. The van der Waals surface area contributed by atoms with Crippen LogP contribution in [0.3, 0.4) is 0 Å². The molecule has 2 amide bonds. The van der Waals surface area contributed by atoms with E-state index >= 15 is 0 Å². The van der Waals surface area contributed by atoms with Gasteiger partial charge in [-0.1, -0.05) is 23.7 Å². The first-order valence-corrected chi connectivity index (χ1v) is 6.89. The van der Waals surface area contributed by atoms with Gasteiger partial charge in [0.2, 0.25) is 11.8 Å². The average Bonchev–Trinajstić information content (AvgIpc) is 2.46. The molecule has 0 spiro atoms. The second-order valence-corrected chi connectivity index (χ2v) is 5.01. The summed E-state index contributed by atoms with van der Waals surface area (Å²) in [4.78, 5) is 25.3. The molecule has 0 radical (unpaired) electrons. The maximum absolute atomic E-state index is 11.8. The molecule has 0 saturated carbocycles. The zero-order valence-corrected chi connectivity index (χ0v) is 11.9. The van der Waals surface area contributed by atoms with E-state index in [4.69, 9.17) is 16.3 Å². The average molecular weight is 297 g/mol. The zero-order chi connectivity index (χ0) is 14.4. The van der Waals surface area contributed by atoms with Gasteiger partial charge in [0.25, 0.3) is 0 Å². The highest BCUT2D eigenvalue weighted by Crippen LogP contribution is 2.10. The lowest BCUT2D eigenvalue weighted by molar-refractivity contribution is -0.136. The van der Waals surface area contributed by atoms with Gasteiger partial charge in [0.1, 0.15) is 0 Å². The van der Waals surface area contributed by atoms with Crippen molar-refractivity contribution < 1.29 is 14.3 Å². The Kier molecular flexibility index (Phi) is 5.38. The van der Waals surface area contributed by atoms with Gasteiger partial charge in [-0.15, -0.1) is 0 Å². The van der Waals surface area contributed by atoms with Crippen LogP contribution >= 0.6 is 11.6 Å². The molecule has 0 atom stereocenters. The summed E-state index contributed by atoms with van der Waals surface area (Å²) in [6, 6.07) is 7.12. The molecule has 1 saturated heterocycles. The van der Waals surface area contributed by atoms with E-state index in [1.165, 1.54) is 0 Å². The Balaban J connectivity index is 1.75. The third kappa shape index (κ3) is 4.51. The van der Waals surface area contributed by atoms with Crippen LogP contribution in [0.25, 0.3) is 0 Å². The van der Waals surface area contributed by atoms with Crippen LogP contribution in [0.4, 0.5) is 0 Å². The number of rotatable bonds is 4. The molecule has 0 bridgehead atoms. The number of hydrogen-bond donors (Lipinski definition) is 1. The van der Waals surface area contributed by atoms with E-state index in [1.807, 2.05) is 6.07 Å². The van der Waals surface area contributed by atoms with Gasteiger partial charge in [-0.25, -0.2) is 0 Å². The van der Waals surface area contributed by atoms with E-state index in [1.54, 1.807) is 23.1 Å². The number of carbonyl (C=O) groups is 2. The molecule has 1 aliphatic rings. The summed E-state index contributed by atoms with van der Waals surface area (Å²) < 4.78 is 5.17. The molecule has 1 aliphatic heterocycles. The lowest BCUT2D eigenvalue weighted by atomic mass is 10.1. The number of benzene rings is 1. The van der Waals surface area contributed by atoms with Crippen LogP contribution in [-0.2, 0) is 20.7 Å². The van der Waals surface area contributed by atoms with Gasteiger partial charge < -0.3 is 15.0 Å². The van der Waals surface area contributed by atoms with E-state index < -0.39 is 0 Å². The Morgan fingerprint density at radius 3 is 2.75 bits per heavy atom. The molecule has 6 heteroatoms. The Labute approximate surface area is 122 Å². The maximum Gasteiger partial charge on any atom is 0.242 e. The fourth-order valence-electron chi connectivity index (χ4n) is 1.99. The van der Waals surface area contributed by atoms with Crippen molar-refractivity contribution >= 4 is 23.4 Å². The van der Waals surface area contributed by atoms with Crippen LogP contribution in [0.15, 0.2) is 24.3 Å². The molecule has 108 valence electrons. The first kappa shape index (κ1) is 14.8. The molecule has 1 N–H and O–H groups in total. The van der Waals surface area contributed by atoms with Gasteiger partial charge in [0.15, 0.2) is 0 Å². The Morgan fingerprint density at radius 1 is 1.30 bits per heavy atom. The Hall–Kier alpha value is -1.59. The molecular formula is C14H17ClN2O3. The SMILES string of the molecule is O=C(Cc1cccc(Cl)c1)NCC(=O)N1CCOCC1. The molecule has 1 heterocycles. The lowest BCUT2D eigenvalue weighted by Gasteiger charge is -2.26. The number of nitrogens with zero attached hydrogens (tertiary/aromatic N) is 1. The minimum atomic E-state index is -0.186. The van der Waals surface area contributed by atoms with E-state index in [2.05, 4.69) is 5.32 Å². The summed E-state index contributed by atoms with van der Waals surface area (Å²) in [6.45, 7) is 2.32. The normalized spacial score (nSPS) is 14.9. The molecule has 20 heavy (non-hydrogen) atoms. The van der Waals surface area contributed by atoms with Gasteiger partial charge in [-0.2, -0.15) is 0 Å². The molecule has 1 aromatic carbocycles. The van der Waals surface area contributed by atoms with Gasteiger partial charge in [-0.05, 0) is 17.7 Å². The Morgan fingerprint density at radius 2 is 2.05 bits per heavy atom. The second-order valence-electron chi connectivity index (χ2n) is 4.58. The maximum atomic E-state index is 11.8. The molecule has 5 nitrogen and oxygen atoms in total. The van der Waals surface area contributed by atoms with Crippen molar-refractivity contribution in [2.45, 2.75) is 6.42 Å². The first-order valence-electron chi connectivity index (χ1n) is 6.52. The minimum absolute atomic E-state index is 0.0272. The summed E-state index contributed by atoms with van der Waals surface area (Å²) >= 11 is 5.85. The van der Waals surface area contributed by atoms with Crippen molar-refractivity contribution in [2.24, 2.45) is 0 Å². The predicted octanol–water partition coefficient (Wildman–Crippen LogP) is 0.857. The standard InChI is InChI=1S/C14H17ClN2O3/c15-12-3-1-2-11(8-12)9-13(18)16-10-14(19)17-4-6-20-7-5-17/h1-3,8H,4-7,9-10H2,(H,16,18). The fourth-order valence-corrected chi connectivity index (χ4v) is 2.21. The number of ether oxygens (including phenoxy) is 1. The van der Waals surface area contributed by atoms with Crippen LogP contribution in [0.2, 0.25) is 5.02 Å². The van der Waals surface area contributed by atoms with Crippen molar-refractivity contribution in [3.05, 3.63) is 34.9 Å². The number of carbonyl (C=O) groups excluding carboxylic acids is 2. The summed E-state index contributed by atoms with van der Waals surface area (Å²) in [5.74, 6) is -0.262. The summed E-state index contributed by atoms with van der Waals surface area (Å²) in [7, 11) is 0. The van der Waals surface area contributed by atoms with Gasteiger partial charge in [-0.3, -0.25) is 9.59 Å². The molecule has 0 unspecified atom stereocenters. The topological polar surface area (TPSA) is 58.6 Å². The van der Waals surface area contributed by atoms with Crippen molar-refractivity contribution in [3.8, 4) is 0 Å². The monoisotopic (exact) mass is 296 g/mol. The largest absolute Gasteiger partial charge is 0.378 e. The molecule has 1 aromatic rings. The first-order chi connectivity index (χ1) is 9.65. The van der Waals surface area contributed by atoms with E-state index in [9.17, 15) is 9.59 Å². The minimum Gasteiger partial charge on any atom is -0.378 e. The Bertz CT molecular complexity index is 487. The highest BCUT2D eigenvalue weighted by molar-refractivity contribution is 6.30. The third-order valence-corrected chi connectivity index (χ3v) is 3.29. The summed E-state index contributed by atoms with van der Waals surface area (Å²) in [6.07, 6.45) is 0.219. The fraction of sp³-hybridized carbons (Fsp3) is 0.429. The number of amides is 2. The summed E-state index contributed by atoms with van der Waals surface area (Å²) in [5.41, 5.74) is 0.828. The third-order valence-electron chi connectivity index (χ3n) is 3.05. The van der Waals surface area contributed by atoms with Crippen LogP contribution in [0.1, 0.15) is 5.56 Å². The van der Waals surface area contributed by atoms with Gasteiger partial charge in [0, 0.05) is 18.1 Å². The van der Waals surface area contributed by atoms with Crippen LogP contribution < -0.4 is 5.32 Å². The number of halogens is 1. The van der Waals surface area contributed by atoms with E-state index in [0.717, 1.165) is 5.56 Å². The number of nitrogens with one attached hydrogen (secondary N) is 1. The highest BCUT2D eigenvalue weighted by atomic mass is 35.5. The highest BCUT2D eigenvalue weighted by Gasteiger charge is 2.17. The summed E-state index contributed by atoms with van der Waals surface area (Å²) in [5, 5.41) is 3.23. The van der Waals surface area contributed by atoms with Crippen molar-refractivity contribution in [2.75, 3.05) is 32.8 Å². The molecule has 2 rings (SSSR count). The zero-order valence-electron chi connectivity index (χ0n) is 11.1. The molecular weight excluding hydrogens is 280 g/mol. The lowest BCUT2D eigenvalue weighted by Crippen LogP contribution is -2.45. The van der Waals surface area contributed by atoms with Crippen LogP contribution in [0, 0.1) is 0 Å². The second kappa shape index (κ2) is 7.26. The number of hydrogen-bond acceptors (Lipinski definition) is 3. The van der Waals surface area contributed by atoms with Crippen molar-refractivity contribution in [3.63, 3.8) is 0 Å². The van der Waals surface area contributed by atoms with E-state index in [0.29, 0.717) is 31.3 Å². The predicted molar refractivity (Wildman–Crippen MR) is 75.6 cm³/mol. The quantitative estimate of drug-likeness (QED) is 0.896. The van der Waals surface area contributed by atoms with Crippen molar-refractivity contribution in [1.82, 2.24) is 10.2 Å². The smallest absolute Gasteiger partial charge is 0.242 e. The van der Waals surface area contributed by atoms with Crippen molar-refractivity contribution in [1.29, 1.82) is 0 Å². The molecule has 1 fully saturated rings. The van der Waals surface area contributed by atoms with Gasteiger partial charge >= 0.3 is 0 Å². The van der Waals surface area contributed by atoms with Gasteiger partial charge in [0.05, 0.1) is 26.2 Å². The van der Waals surface area contributed by atoms with Crippen LogP contribution in [0.5, 0.6) is 0 Å². The molecule has 0 aromatic heterocycles.